The van der Waals surface area contributed by atoms with Crippen LogP contribution in [0.1, 0.15) is 27.1 Å². The highest BCUT2D eigenvalue weighted by atomic mass is 32.1. The second kappa shape index (κ2) is 7.10. The number of rotatable bonds is 5. The molecule has 3 aromatic rings. The summed E-state index contributed by atoms with van der Waals surface area (Å²) in [6, 6.07) is 15.3. The Bertz CT molecular complexity index is 941. The molecule has 0 bridgehead atoms. The van der Waals surface area contributed by atoms with E-state index in [2.05, 4.69) is 81.0 Å². The molecule has 2 saturated heterocycles. The molecule has 5 rings (SSSR count). The number of nitrogens with zero attached hydrogens (tertiary/aromatic N) is 5. The molecule has 2 aliphatic heterocycles. The van der Waals surface area contributed by atoms with Crippen molar-refractivity contribution in [3.05, 3.63) is 69.9 Å². The van der Waals surface area contributed by atoms with Crippen LogP contribution < -0.4 is 0 Å². The van der Waals surface area contributed by atoms with Gasteiger partial charge in [0, 0.05) is 67.4 Å². The summed E-state index contributed by atoms with van der Waals surface area (Å²) in [5.74, 6) is 1.59. The van der Waals surface area contributed by atoms with Crippen LogP contribution in [-0.2, 0) is 20.1 Å². The maximum absolute atomic E-state index is 4.50. The number of hydrogen-bond donors (Lipinski definition) is 0. The third-order valence-electron chi connectivity index (χ3n) is 6.28. The molecule has 1 spiro atoms. The van der Waals surface area contributed by atoms with Gasteiger partial charge in [-0.05, 0) is 24.6 Å². The summed E-state index contributed by atoms with van der Waals surface area (Å²) in [5, 5.41) is 8.67. The molecular weight excluding hydrogens is 366 g/mol. The second-order valence-corrected chi connectivity index (χ2v) is 9.90. The van der Waals surface area contributed by atoms with Gasteiger partial charge in [0.25, 0.3) is 0 Å². The van der Waals surface area contributed by atoms with Crippen LogP contribution in [0.4, 0.5) is 0 Å². The number of aromatic nitrogens is 3. The zero-order valence-electron chi connectivity index (χ0n) is 16.6. The normalized spacial score (nSPS) is 22.0. The van der Waals surface area contributed by atoms with E-state index in [-0.39, 0.29) is 0 Å². The lowest BCUT2D eigenvalue weighted by atomic mass is 9.71. The van der Waals surface area contributed by atoms with Crippen molar-refractivity contribution in [3.8, 4) is 0 Å². The lowest BCUT2D eigenvalue weighted by Crippen LogP contribution is -2.59. The van der Waals surface area contributed by atoms with Crippen LogP contribution in [0.15, 0.2) is 48.8 Å². The summed E-state index contributed by atoms with van der Waals surface area (Å²) in [5.41, 5.74) is 1.68. The van der Waals surface area contributed by atoms with Crippen molar-refractivity contribution in [2.45, 2.75) is 25.9 Å². The van der Waals surface area contributed by atoms with Gasteiger partial charge in [0.1, 0.15) is 12.2 Å². The van der Waals surface area contributed by atoms with E-state index in [1.54, 1.807) is 0 Å². The average molecular weight is 394 g/mol. The topological polar surface area (TPSA) is 37.2 Å². The van der Waals surface area contributed by atoms with Gasteiger partial charge in [-0.15, -0.1) is 21.5 Å². The lowest BCUT2D eigenvalue weighted by Gasteiger charge is -2.50. The highest BCUT2D eigenvalue weighted by molar-refractivity contribution is 7.11. The third kappa shape index (κ3) is 3.30. The molecule has 2 fully saturated rings. The fourth-order valence-corrected chi connectivity index (χ4v) is 6.00. The van der Waals surface area contributed by atoms with Crippen molar-refractivity contribution >= 4 is 11.3 Å². The van der Waals surface area contributed by atoms with E-state index in [1.165, 1.54) is 15.3 Å². The van der Waals surface area contributed by atoms with Gasteiger partial charge in [-0.25, -0.2) is 0 Å². The first-order valence-electron chi connectivity index (χ1n) is 9.99. The van der Waals surface area contributed by atoms with Gasteiger partial charge in [-0.2, -0.15) is 0 Å². The molecule has 4 heterocycles. The Labute approximate surface area is 170 Å². The maximum Gasteiger partial charge on any atom is 0.137 e. The Balaban J connectivity index is 1.33. The minimum atomic E-state index is 0.294. The van der Waals surface area contributed by atoms with Crippen molar-refractivity contribution in [2.24, 2.45) is 12.5 Å². The molecule has 0 saturated carbocycles. The lowest BCUT2D eigenvalue weighted by molar-refractivity contribution is -0.0109. The Hall–Kier alpha value is -2.02. The van der Waals surface area contributed by atoms with E-state index < -0.39 is 0 Å². The smallest absolute Gasteiger partial charge is 0.137 e. The van der Waals surface area contributed by atoms with Crippen molar-refractivity contribution in [1.82, 2.24) is 24.6 Å². The Morgan fingerprint density at radius 2 is 1.82 bits per heavy atom. The van der Waals surface area contributed by atoms with Gasteiger partial charge in [0.2, 0.25) is 0 Å². The summed E-state index contributed by atoms with van der Waals surface area (Å²) in [6.45, 7) is 8.77. The highest BCUT2D eigenvalue weighted by Gasteiger charge is 2.55. The van der Waals surface area contributed by atoms with Gasteiger partial charge >= 0.3 is 0 Å². The summed E-state index contributed by atoms with van der Waals surface area (Å²) in [4.78, 5) is 8.08. The molecule has 0 radical (unpaired) electrons. The maximum atomic E-state index is 4.50. The fourth-order valence-electron chi connectivity index (χ4n) is 5.06. The molecule has 2 aliphatic rings. The van der Waals surface area contributed by atoms with Crippen LogP contribution in [-0.4, -0.2) is 50.7 Å². The minimum absolute atomic E-state index is 0.294. The zero-order chi connectivity index (χ0) is 19.1. The van der Waals surface area contributed by atoms with E-state index in [4.69, 9.17) is 0 Å². The van der Waals surface area contributed by atoms with Crippen LogP contribution in [0.3, 0.4) is 0 Å². The molecule has 6 heteroatoms. The average Bonchev–Trinajstić information content (AvgIpc) is 3.35. The van der Waals surface area contributed by atoms with Crippen LogP contribution in [0, 0.1) is 12.3 Å². The Kier molecular flexibility index (Phi) is 4.57. The SMILES string of the molecule is Cc1ccc(CN2CC3(CN(Cc4ccccc4)CC3c3nncn3C)C2)s1. The molecule has 2 aromatic heterocycles. The molecule has 146 valence electrons. The van der Waals surface area contributed by atoms with Crippen LogP contribution in [0.2, 0.25) is 0 Å². The summed E-state index contributed by atoms with van der Waals surface area (Å²) in [7, 11) is 2.08. The van der Waals surface area contributed by atoms with Crippen LogP contribution >= 0.6 is 11.3 Å². The second-order valence-electron chi connectivity index (χ2n) is 8.53. The number of likely N-dealkylation sites (tertiary alicyclic amines) is 2. The first-order chi connectivity index (χ1) is 13.6. The minimum Gasteiger partial charge on any atom is -0.320 e. The van der Waals surface area contributed by atoms with Gasteiger partial charge in [-0.3, -0.25) is 9.80 Å². The molecule has 0 N–H and O–H groups in total. The third-order valence-corrected chi connectivity index (χ3v) is 7.26. The molecule has 0 amide bonds. The Morgan fingerprint density at radius 1 is 1.04 bits per heavy atom. The predicted molar refractivity (Wildman–Crippen MR) is 112 cm³/mol. The Morgan fingerprint density at radius 3 is 2.50 bits per heavy atom. The standard InChI is InChI=1S/C22H27N5S/c1-17-8-9-19(28-17)11-27-14-22(15-27)13-26(10-18-6-4-3-5-7-18)12-20(22)21-24-23-16-25(21)2/h3-9,16,20H,10-15H2,1-2H3. The first-order valence-corrected chi connectivity index (χ1v) is 10.8. The summed E-state index contributed by atoms with van der Waals surface area (Å²) < 4.78 is 2.11. The molecule has 1 aromatic carbocycles. The number of benzene rings is 1. The van der Waals surface area contributed by atoms with Crippen LogP contribution in [0.25, 0.3) is 0 Å². The molecule has 1 atom stereocenters. The monoisotopic (exact) mass is 393 g/mol. The quantitative estimate of drug-likeness (QED) is 0.667. The van der Waals surface area contributed by atoms with E-state index in [0.717, 1.165) is 45.1 Å². The van der Waals surface area contributed by atoms with Gasteiger partial charge in [-0.1, -0.05) is 30.3 Å². The zero-order valence-corrected chi connectivity index (χ0v) is 17.4. The van der Waals surface area contributed by atoms with E-state index >= 15 is 0 Å². The largest absolute Gasteiger partial charge is 0.320 e. The number of thiophene rings is 1. The number of aryl methyl sites for hydroxylation is 2. The van der Waals surface area contributed by atoms with E-state index in [9.17, 15) is 0 Å². The molecule has 28 heavy (non-hydrogen) atoms. The predicted octanol–water partition coefficient (Wildman–Crippen LogP) is 3.29. The first kappa shape index (κ1) is 18.0. The van der Waals surface area contributed by atoms with E-state index in [0.29, 0.717) is 11.3 Å². The molecular formula is C22H27N5S. The van der Waals surface area contributed by atoms with Gasteiger partial charge < -0.3 is 4.57 Å². The van der Waals surface area contributed by atoms with Gasteiger partial charge in [0.05, 0.1) is 0 Å². The summed E-state index contributed by atoms with van der Waals surface area (Å²) >= 11 is 1.92. The van der Waals surface area contributed by atoms with Crippen molar-refractivity contribution in [1.29, 1.82) is 0 Å². The summed E-state index contributed by atoms with van der Waals surface area (Å²) in [6.07, 6.45) is 1.84. The van der Waals surface area contributed by atoms with Gasteiger partial charge in [0.15, 0.2) is 0 Å². The molecule has 5 nitrogen and oxygen atoms in total. The molecule has 1 unspecified atom stereocenters. The van der Waals surface area contributed by atoms with Crippen molar-refractivity contribution < 1.29 is 0 Å². The highest BCUT2D eigenvalue weighted by Crippen LogP contribution is 2.49. The molecule has 0 aliphatic carbocycles. The van der Waals surface area contributed by atoms with Crippen molar-refractivity contribution in [2.75, 3.05) is 26.2 Å². The fraction of sp³-hybridized carbons (Fsp3) is 0.455. The van der Waals surface area contributed by atoms with Crippen molar-refractivity contribution in [3.63, 3.8) is 0 Å². The van der Waals surface area contributed by atoms with E-state index in [1.807, 2.05) is 17.7 Å². The number of hydrogen-bond acceptors (Lipinski definition) is 5. The van der Waals surface area contributed by atoms with Crippen LogP contribution in [0.5, 0.6) is 0 Å².